The third-order valence-electron chi connectivity index (χ3n) is 13.2. The normalized spacial score (nSPS) is 11.3. The zero-order valence-electron chi connectivity index (χ0n) is 38.0. The Labute approximate surface area is 404 Å². The van der Waals surface area contributed by atoms with Gasteiger partial charge in [-0.15, -0.1) is 0 Å². The predicted molar refractivity (Wildman–Crippen MR) is 290 cm³/mol. The summed E-state index contributed by atoms with van der Waals surface area (Å²) in [6.45, 7) is 0. The molecule has 0 amide bonds. The molecule has 0 fully saturated rings. The molecule has 3 aromatic heterocycles. The second-order valence-corrected chi connectivity index (χ2v) is 17.3. The lowest BCUT2D eigenvalue weighted by molar-refractivity contribution is -0.384. The number of nitrogens with one attached hydrogen (secondary N) is 1. The van der Waals surface area contributed by atoms with Crippen LogP contribution in [0.15, 0.2) is 261 Å². The molecule has 332 valence electrons. The zero-order chi connectivity index (χ0) is 47.0. The fourth-order valence-corrected chi connectivity index (χ4v) is 10.2. The monoisotopic (exact) mass is 900 g/mol. The zero-order valence-corrected chi connectivity index (χ0v) is 38.0. The van der Waals surface area contributed by atoms with Crippen molar-refractivity contribution in [3.8, 4) is 67.3 Å². The smallest absolute Gasteiger partial charge is 0.277 e. The first-order valence-corrected chi connectivity index (χ1v) is 23.4. The molecule has 3 heterocycles. The van der Waals surface area contributed by atoms with E-state index in [0.29, 0.717) is 5.56 Å². The van der Waals surface area contributed by atoms with Gasteiger partial charge in [0.15, 0.2) is 0 Å². The van der Waals surface area contributed by atoms with Crippen LogP contribution in [0.2, 0.25) is 0 Å². The van der Waals surface area contributed by atoms with Gasteiger partial charge in [-0.25, -0.2) is 0 Å². The predicted octanol–water partition coefficient (Wildman–Crippen LogP) is 17.1. The van der Waals surface area contributed by atoms with Gasteiger partial charge in [-0.2, -0.15) is 0 Å². The van der Waals surface area contributed by atoms with E-state index in [1.165, 1.54) is 49.6 Å². The molecule has 1 N–H and O–H groups in total. The molecule has 70 heavy (non-hydrogen) atoms. The quantitative estimate of drug-likeness (QED) is 0.122. The Morgan fingerprint density at radius 2 is 0.829 bits per heavy atom. The minimum absolute atomic E-state index is 0.101. The molecule has 0 aliphatic carbocycles. The molecular formula is C64H44N4O2. The van der Waals surface area contributed by atoms with Crippen LogP contribution in [0.1, 0.15) is 0 Å². The summed E-state index contributed by atoms with van der Waals surface area (Å²) in [5.41, 5.74) is 17.6. The molecule has 6 heteroatoms. The Balaban J connectivity index is 0.000000144. The maximum absolute atomic E-state index is 11.8. The van der Waals surface area contributed by atoms with E-state index in [4.69, 9.17) is 0 Å². The van der Waals surface area contributed by atoms with Gasteiger partial charge in [0.25, 0.3) is 5.69 Å². The van der Waals surface area contributed by atoms with E-state index in [-0.39, 0.29) is 10.6 Å². The molecule has 0 unspecified atom stereocenters. The number of nitro benzene ring substituents is 1. The maximum Gasteiger partial charge on any atom is 0.277 e. The van der Waals surface area contributed by atoms with Gasteiger partial charge < -0.3 is 14.1 Å². The molecule has 13 rings (SSSR count). The van der Waals surface area contributed by atoms with Crippen LogP contribution in [0.5, 0.6) is 0 Å². The highest BCUT2D eigenvalue weighted by atomic mass is 16.6. The number of rotatable bonds is 8. The van der Waals surface area contributed by atoms with Gasteiger partial charge in [0, 0.05) is 55.6 Å². The number of aromatic amines is 1. The summed E-state index contributed by atoms with van der Waals surface area (Å²) in [4.78, 5) is 15.2. The van der Waals surface area contributed by atoms with Gasteiger partial charge in [-0.3, -0.25) is 10.1 Å². The standard InChI is InChI=1S/C32H22N2O2.C32H22N2/c35-34(36)30-19-11-10-18-27(30)25-20-21-29-28(22-25)31(23-12-4-1-5-13-23)32(24-14-6-2-7-15-24)33(29)26-16-8-3-9-17-26;1-4-12-22(13-5-1)29-30-28(21-20-26-25-18-10-11-19-27(25)33-31(26)30)34(24-16-8-3-9-17-24)32(29)23-14-6-2-7-15-23/h1-22H;1-21,33H. The second-order valence-electron chi connectivity index (χ2n) is 17.3. The maximum atomic E-state index is 11.8. The molecule has 0 saturated heterocycles. The van der Waals surface area contributed by atoms with Gasteiger partial charge in [-0.1, -0.05) is 200 Å². The van der Waals surface area contributed by atoms with Gasteiger partial charge >= 0.3 is 0 Å². The highest BCUT2D eigenvalue weighted by Crippen LogP contribution is 2.47. The van der Waals surface area contributed by atoms with E-state index in [2.05, 4.69) is 202 Å². The number of nitro groups is 1. The van der Waals surface area contributed by atoms with E-state index >= 15 is 0 Å². The lowest BCUT2D eigenvalue weighted by atomic mass is 9.96. The third-order valence-corrected chi connectivity index (χ3v) is 13.2. The van der Waals surface area contributed by atoms with Crippen LogP contribution in [-0.4, -0.2) is 19.0 Å². The molecular weight excluding hydrogens is 857 g/mol. The minimum Gasteiger partial charge on any atom is -0.354 e. The number of hydrogen-bond acceptors (Lipinski definition) is 2. The van der Waals surface area contributed by atoms with Gasteiger partial charge in [0.2, 0.25) is 0 Å². The molecule has 6 nitrogen and oxygen atoms in total. The van der Waals surface area contributed by atoms with Crippen molar-refractivity contribution in [2.45, 2.75) is 0 Å². The average molecular weight is 901 g/mol. The average Bonchev–Trinajstić information content (AvgIpc) is 4.11. The van der Waals surface area contributed by atoms with E-state index in [9.17, 15) is 10.1 Å². The van der Waals surface area contributed by atoms with Crippen LogP contribution < -0.4 is 0 Å². The van der Waals surface area contributed by atoms with Crippen molar-refractivity contribution in [1.82, 2.24) is 14.1 Å². The number of benzene rings is 10. The highest BCUT2D eigenvalue weighted by Gasteiger charge is 2.25. The Morgan fingerprint density at radius 3 is 1.41 bits per heavy atom. The lowest BCUT2D eigenvalue weighted by Gasteiger charge is -2.13. The lowest BCUT2D eigenvalue weighted by Crippen LogP contribution is -1.97. The number of aromatic nitrogens is 3. The van der Waals surface area contributed by atoms with Crippen LogP contribution in [0.4, 0.5) is 5.69 Å². The number of fused-ring (bicyclic) bond motifs is 6. The molecule has 0 aliphatic heterocycles. The SMILES string of the molecule is O=[N+]([O-])c1ccccc1-c1ccc2c(c1)c(-c1ccccc1)c(-c1ccccc1)n2-c1ccccc1.c1ccc(-c2c(-c3ccccc3)n(-c3ccccc3)c3ccc4c5ccccc5[nH]c4c23)cc1. The topological polar surface area (TPSA) is 68.8 Å². The van der Waals surface area contributed by atoms with Crippen LogP contribution in [0.25, 0.3) is 111 Å². The molecule has 10 aromatic carbocycles. The summed E-state index contributed by atoms with van der Waals surface area (Å²) < 4.78 is 4.70. The molecule has 0 saturated carbocycles. The van der Waals surface area contributed by atoms with Crippen molar-refractivity contribution in [3.05, 3.63) is 271 Å². The van der Waals surface area contributed by atoms with Crippen molar-refractivity contribution < 1.29 is 4.92 Å². The van der Waals surface area contributed by atoms with E-state index in [0.717, 1.165) is 55.7 Å². The van der Waals surface area contributed by atoms with E-state index < -0.39 is 0 Å². The van der Waals surface area contributed by atoms with Crippen molar-refractivity contribution in [2.24, 2.45) is 0 Å². The molecule has 0 bridgehead atoms. The Hall–Kier alpha value is -9.52. The number of nitrogens with zero attached hydrogens (tertiary/aromatic N) is 3. The summed E-state index contributed by atoms with van der Waals surface area (Å²) in [6, 6.07) is 89.4. The van der Waals surface area contributed by atoms with Crippen LogP contribution >= 0.6 is 0 Å². The summed E-state index contributed by atoms with van der Waals surface area (Å²) in [5.74, 6) is 0. The van der Waals surface area contributed by atoms with Crippen molar-refractivity contribution >= 4 is 49.3 Å². The molecule has 0 atom stereocenters. The first kappa shape index (κ1) is 41.9. The minimum atomic E-state index is -0.317. The largest absolute Gasteiger partial charge is 0.354 e. The second kappa shape index (κ2) is 17.9. The Morgan fingerprint density at radius 1 is 0.371 bits per heavy atom. The van der Waals surface area contributed by atoms with Gasteiger partial charge in [0.05, 0.1) is 38.4 Å². The third kappa shape index (κ3) is 7.32. The number of hydrogen-bond donors (Lipinski definition) is 1. The first-order valence-electron chi connectivity index (χ1n) is 23.4. The Kier molecular flexibility index (Phi) is 10.7. The van der Waals surface area contributed by atoms with Crippen LogP contribution in [0, 0.1) is 10.1 Å². The highest BCUT2D eigenvalue weighted by molar-refractivity contribution is 6.23. The van der Waals surface area contributed by atoms with Crippen molar-refractivity contribution in [3.63, 3.8) is 0 Å². The fourth-order valence-electron chi connectivity index (χ4n) is 10.2. The summed E-state index contributed by atoms with van der Waals surface area (Å²) >= 11 is 0. The molecule has 13 aromatic rings. The first-order chi connectivity index (χ1) is 34.6. The fraction of sp³-hybridized carbons (Fsp3) is 0. The Bertz CT molecular complexity index is 3990. The van der Waals surface area contributed by atoms with Crippen molar-refractivity contribution in [1.29, 1.82) is 0 Å². The number of para-hydroxylation sites is 4. The summed E-state index contributed by atoms with van der Waals surface area (Å²) in [6.07, 6.45) is 0. The van der Waals surface area contributed by atoms with Crippen LogP contribution in [0.3, 0.4) is 0 Å². The van der Waals surface area contributed by atoms with Gasteiger partial charge in [0.1, 0.15) is 0 Å². The van der Waals surface area contributed by atoms with E-state index in [1.54, 1.807) is 12.1 Å². The summed E-state index contributed by atoms with van der Waals surface area (Å²) in [7, 11) is 0. The van der Waals surface area contributed by atoms with E-state index in [1.807, 2.05) is 60.7 Å². The molecule has 0 radical (unpaired) electrons. The number of H-pyrrole nitrogens is 1. The van der Waals surface area contributed by atoms with Gasteiger partial charge in [-0.05, 0) is 82.4 Å². The summed E-state index contributed by atoms with van der Waals surface area (Å²) in [5, 5.41) is 16.6. The molecule has 0 aliphatic rings. The van der Waals surface area contributed by atoms with Crippen molar-refractivity contribution in [2.75, 3.05) is 0 Å². The van der Waals surface area contributed by atoms with Crippen LogP contribution in [-0.2, 0) is 0 Å². The molecule has 0 spiro atoms.